The molecule has 0 fully saturated rings. The predicted molar refractivity (Wildman–Crippen MR) is 71.3 cm³/mol. The van der Waals surface area contributed by atoms with Crippen LogP contribution in [0.1, 0.15) is 13.3 Å². The highest BCUT2D eigenvalue weighted by molar-refractivity contribution is 7.99. The maximum Gasteiger partial charge on any atom is 0.223 e. The average Bonchev–Trinajstić information content (AvgIpc) is 2.40. The van der Waals surface area contributed by atoms with E-state index in [1.807, 2.05) is 6.92 Å². The van der Waals surface area contributed by atoms with Gasteiger partial charge in [-0.3, -0.25) is 0 Å². The second kappa shape index (κ2) is 6.47. The SMILES string of the molecule is CCCNc1nccc(Sc2ccc(F)cc2F)n1. The molecular weight excluding hydrogens is 268 g/mol. The monoisotopic (exact) mass is 281 g/mol. The van der Waals surface area contributed by atoms with Crippen molar-refractivity contribution in [1.82, 2.24) is 9.97 Å². The lowest BCUT2D eigenvalue weighted by Crippen LogP contribution is -2.04. The van der Waals surface area contributed by atoms with E-state index in [0.29, 0.717) is 15.9 Å². The molecule has 0 amide bonds. The molecule has 1 aromatic carbocycles. The first-order valence-corrected chi connectivity index (χ1v) is 6.70. The standard InChI is InChI=1S/C13H13F2N3S/c1-2-6-16-13-17-7-5-12(18-13)19-11-4-3-9(14)8-10(11)15/h3-5,7-8H,2,6H2,1H3,(H,16,17,18). The smallest absolute Gasteiger partial charge is 0.223 e. The number of benzene rings is 1. The Hall–Kier alpha value is -1.69. The Morgan fingerprint density at radius 2 is 2.11 bits per heavy atom. The van der Waals surface area contributed by atoms with E-state index in [0.717, 1.165) is 30.8 Å². The van der Waals surface area contributed by atoms with Gasteiger partial charge in [0.05, 0.1) is 0 Å². The Labute approximate surface area is 114 Å². The first-order valence-electron chi connectivity index (χ1n) is 5.89. The third kappa shape index (κ3) is 3.89. The lowest BCUT2D eigenvalue weighted by molar-refractivity contribution is 0.565. The zero-order valence-electron chi connectivity index (χ0n) is 10.4. The Morgan fingerprint density at radius 3 is 2.84 bits per heavy atom. The van der Waals surface area contributed by atoms with Crippen molar-refractivity contribution >= 4 is 17.7 Å². The van der Waals surface area contributed by atoms with Crippen molar-refractivity contribution in [3.05, 3.63) is 42.1 Å². The third-order valence-electron chi connectivity index (χ3n) is 2.27. The zero-order valence-corrected chi connectivity index (χ0v) is 11.2. The van der Waals surface area contributed by atoms with E-state index in [2.05, 4.69) is 15.3 Å². The summed E-state index contributed by atoms with van der Waals surface area (Å²) in [6, 6.07) is 5.17. The normalized spacial score (nSPS) is 10.5. The molecule has 3 nitrogen and oxygen atoms in total. The van der Waals surface area contributed by atoms with Crippen LogP contribution in [0.4, 0.5) is 14.7 Å². The van der Waals surface area contributed by atoms with Gasteiger partial charge in [0.1, 0.15) is 16.7 Å². The molecule has 0 radical (unpaired) electrons. The summed E-state index contributed by atoms with van der Waals surface area (Å²) in [5.41, 5.74) is 0. The van der Waals surface area contributed by atoms with Crippen molar-refractivity contribution in [3.8, 4) is 0 Å². The molecule has 1 aromatic heterocycles. The lowest BCUT2D eigenvalue weighted by Gasteiger charge is -2.05. The number of anilines is 1. The van der Waals surface area contributed by atoms with Gasteiger partial charge in [-0.15, -0.1) is 0 Å². The molecule has 0 spiro atoms. The summed E-state index contributed by atoms with van der Waals surface area (Å²) >= 11 is 1.14. The largest absolute Gasteiger partial charge is 0.354 e. The number of hydrogen-bond acceptors (Lipinski definition) is 4. The Balaban J connectivity index is 2.14. The van der Waals surface area contributed by atoms with Crippen LogP contribution in [0.25, 0.3) is 0 Å². The molecule has 0 aliphatic rings. The molecule has 1 heterocycles. The number of nitrogens with one attached hydrogen (secondary N) is 1. The number of hydrogen-bond donors (Lipinski definition) is 1. The summed E-state index contributed by atoms with van der Waals surface area (Å²) in [4.78, 5) is 8.65. The Kier molecular flexibility index (Phi) is 4.68. The van der Waals surface area contributed by atoms with E-state index < -0.39 is 11.6 Å². The molecule has 2 aromatic rings. The van der Waals surface area contributed by atoms with Crippen LogP contribution in [0.5, 0.6) is 0 Å². The van der Waals surface area contributed by atoms with Crippen molar-refractivity contribution < 1.29 is 8.78 Å². The molecule has 0 atom stereocenters. The number of aromatic nitrogens is 2. The molecule has 6 heteroatoms. The predicted octanol–water partition coefficient (Wildman–Crippen LogP) is 3.73. The molecule has 0 saturated carbocycles. The fourth-order valence-corrected chi connectivity index (χ4v) is 2.17. The minimum absolute atomic E-state index is 0.335. The molecule has 0 unspecified atom stereocenters. The maximum atomic E-state index is 13.5. The fraction of sp³-hybridized carbons (Fsp3) is 0.231. The molecule has 100 valence electrons. The van der Waals surface area contributed by atoms with Crippen LogP contribution in [-0.2, 0) is 0 Å². The van der Waals surface area contributed by atoms with Gasteiger partial charge in [0.15, 0.2) is 0 Å². The van der Waals surface area contributed by atoms with Gasteiger partial charge in [-0.05, 0) is 24.6 Å². The van der Waals surface area contributed by atoms with Crippen molar-refractivity contribution in [2.24, 2.45) is 0 Å². The molecular formula is C13H13F2N3S. The van der Waals surface area contributed by atoms with Crippen LogP contribution in [0.2, 0.25) is 0 Å². The number of halogens is 2. The average molecular weight is 281 g/mol. The topological polar surface area (TPSA) is 37.8 Å². The minimum atomic E-state index is -0.591. The number of rotatable bonds is 5. The van der Waals surface area contributed by atoms with Gasteiger partial charge in [-0.1, -0.05) is 18.7 Å². The van der Waals surface area contributed by atoms with Crippen LogP contribution in [0.3, 0.4) is 0 Å². The number of nitrogens with zero attached hydrogens (tertiary/aromatic N) is 2. The fourth-order valence-electron chi connectivity index (χ4n) is 1.39. The van der Waals surface area contributed by atoms with Crippen molar-refractivity contribution in [2.75, 3.05) is 11.9 Å². The molecule has 19 heavy (non-hydrogen) atoms. The summed E-state index contributed by atoms with van der Waals surface area (Å²) in [6.07, 6.45) is 2.57. The van der Waals surface area contributed by atoms with Crippen LogP contribution >= 0.6 is 11.8 Å². The van der Waals surface area contributed by atoms with E-state index in [1.54, 1.807) is 12.3 Å². The molecule has 0 saturated heterocycles. The highest BCUT2D eigenvalue weighted by atomic mass is 32.2. The first-order chi connectivity index (χ1) is 9.19. The highest BCUT2D eigenvalue weighted by Crippen LogP contribution is 2.28. The second-order valence-corrected chi connectivity index (χ2v) is 4.88. The first kappa shape index (κ1) is 13.7. The van der Waals surface area contributed by atoms with Gasteiger partial charge in [-0.25, -0.2) is 18.7 Å². The van der Waals surface area contributed by atoms with E-state index in [-0.39, 0.29) is 0 Å². The van der Waals surface area contributed by atoms with E-state index in [4.69, 9.17) is 0 Å². The van der Waals surface area contributed by atoms with E-state index in [1.165, 1.54) is 12.1 Å². The zero-order chi connectivity index (χ0) is 13.7. The maximum absolute atomic E-state index is 13.5. The second-order valence-electron chi connectivity index (χ2n) is 3.82. The molecule has 2 rings (SSSR count). The van der Waals surface area contributed by atoms with Gasteiger partial charge < -0.3 is 5.32 Å². The van der Waals surface area contributed by atoms with Crippen molar-refractivity contribution in [2.45, 2.75) is 23.3 Å². The summed E-state index contributed by atoms with van der Waals surface area (Å²) in [6.45, 7) is 2.82. The summed E-state index contributed by atoms with van der Waals surface area (Å²) in [7, 11) is 0. The Bertz CT molecular complexity index is 563. The highest BCUT2D eigenvalue weighted by Gasteiger charge is 2.07. The van der Waals surface area contributed by atoms with Crippen molar-refractivity contribution in [3.63, 3.8) is 0 Å². The van der Waals surface area contributed by atoms with Gasteiger partial charge in [-0.2, -0.15) is 0 Å². The van der Waals surface area contributed by atoms with Crippen LogP contribution in [-0.4, -0.2) is 16.5 Å². The van der Waals surface area contributed by atoms with Crippen LogP contribution in [0, 0.1) is 11.6 Å². The summed E-state index contributed by atoms with van der Waals surface area (Å²) < 4.78 is 26.3. The Morgan fingerprint density at radius 1 is 1.26 bits per heavy atom. The third-order valence-corrected chi connectivity index (χ3v) is 3.26. The molecule has 1 N–H and O–H groups in total. The van der Waals surface area contributed by atoms with Gasteiger partial charge in [0.2, 0.25) is 5.95 Å². The van der Waals surface area contributed by atoms with Gasteiger partial charge >= 0.3 is 0 Å². The quantitative estimate of drug-likeness (QED) is 0.847. The van der Waals surface area contributed by atoms with Crippen molar-refractivity contribution in [1.29, 1.82) is 0 Å². The summed E-state index contributed by atoms with van der Waals surface area (Å²) in [5.74, 6) is -0.670. The molecule has 0 aliphatic heterocycles. The van der Waals surface area contributed by atoms with E-state index >= 15 is 0 Å². The van der Waals surface area contributed by atoms with Gasteiger partial charge in [0, 0.05) is 23.7 Å². The minimum Gasteiger partial charge on any atom is -0.354 e. The van der Waals surface area contributed by atoms with Crippen LogP contribution < -0.4 is 5.32 Å². The summed E-state index contributed by atoms with van der Waals surface area (Å²) in [5, 5.41) is 3.67. The molecule has 0 bridgehead atoms. The van der Waals surface area contributed by atoms with Gasteiger partial charge in [0.25, 0.3) is 0 Å². The lowest BCUT2D eigenvalue weighted by atomic mass is 10.3. The van der Waals surface area contributed by atoms with Crippen LogP contribution in [0.15, 0.2) is 40.4 Å². The molecule has 0 aliphatic carbocycles. The van der Waals surface area contributed by atoms with E-state index in [9.17, 15) is 8.78 Å².